The summed E-state index contributed by atoms with van der Waals surface area (Å²) in [5.74, 6) is -0.221. The summed E-state index contributed by atoms with van der Waals surface area (Å²) in [6.45, 7) is -2.45. The number of halogens is 3. The molecular weight excluding hydrogens is 463 g/mol. The van der Waals surface area contributed by atoms with Crippen molar-refractivity contribution in [1.29, 1.82) is 0 Å². The Labute approximate surface area is 198 Å². The second-order valence-electron chi connectivity index (χ2n) is 7.32. The normalized spacial score (nSPS) is 11.1. The number of carbonyl (C=O) groups excluding carboxylic acids is 1. The van der Waals surface area contributed by atoms with Crippen LogP contribution in [0.4, 0.5) is 13.2 Å². The molecule has 0 unspecified atom stereocenters. The number of carbonyl (C=O) groups is 1. The molecule has 0 saturated carbocycles. The quantitative estimate of drug-likeness (QED) is 0.319. The van der Waals surface area contributed by atoms with Crippen LogP contribution in [0.25, 0.3) is 22.0 Å². The number of fused-ring (bicyclic) bond motifs is 1. The Kier molecular flexibility index (Phi) is 7.64. The van der Waals surface area contributed by atoms with Crippen LogP contribution in [-0.4, -0.2) is 35.0 Å². The maximum Gasteiger partial charge on any atom is 0.387 e. The molecule has 174 valence electrons. The molecule has 0 spiro atoms. The largest absolute Gasteiger partial charge is 0.435 e. The van der Waals surface area contributed by atoms with Crippen molar-refractivity contribution in [3.05, 3.63) is 84.2 Å². The molecule has 1 aromatic heterocycles. The smallest absolute Gasteiger partial charge is 0.387 e. The maximum absolute atomic E-state index is 13.3. The van der Waals surface area contributed by atoms with Crippen LogP contribution < -0.4 is 10.1 Å². The Balaban J connectivity index is 1.35. The number of ether oxygens (including phenoxy) is 1. The van der Waals surface area contributed by atoms with Gasteiger partial charge in [0.2, 0.25) is 5.91 Å². The summed E-state index contributed by atoms with van der Waals surface area (Å²) in [6, 6.07) is 20.0. The van der Waals surface area contributed by atoms with E-state index in [1.165, 1.54) is 36.0 Å². The highest BCUT2D eigenvalue weighted by Gasteiger charge is 2.13. The Morgan fingerprint density at radius 2 is 1.65 bits per heavy atom. The molecular formula is C25H20F3N3O2S. The number of nitrogens with one attached hydrogen (secondary N) is 1. The summed E-state index contributed by atoms with van der Waals surface area (Å²) in [5.41, 5.74) is 2.30. The van der Waals surface area contributed by atoms with Gasteiger partial charge in [-0.15, -0.1) is 10.2 Å². The predicted octanol–water partition coefficient (Wildman–Crippen LogP) is 5.49. The minimum Gasteiger partial charge on any atom is -0.435 e. The minimum atomic E-state index is -2.86. The molecule has 4 aromatic rings. The van der Waals surface area contributed by atoms with Gasteiger partial charge < -0.3 is 10.1 Å². The van der Waals surface area contributed by atoms with Crippen molar-refractivity contribution in [3.8, 4) is 17.0 Å². The fourth-order valence-electron chi connectivity index (χ4n) is 3.38. The van der Waals surface area contributed by atoms with Gasteiger partial charge in [-0.2, -0.15) is 8.78 Å². The lowest BCUT2D eigenvalue weighted by atomic mass is 10.1. The van der Waals surface area contributed by atoms with Gasteiger partial charge in [0.05, 0.1) is 5.75 Å². The molecule has 0 radical (unpaired) electrons. The van der Waals surface area contributed by atoms with Gasteiger partial charge in [0.25, 0.3) is 0 Å². The van der Waals surface area contributed by atoms with E-state index >= 15 is 0 Å². The van der Waals surface area contributed by atoms with Crippen molar-refractivity contribution in [2.45, 2.75) is 18.1 Å². The standard InChI is InChI=1S/C25H20F3N3O2S/c26-18-9-7-17(8-10-18)23-20-3-1-2-4-21(20)24(31-30-23)34-15-22(32)29-14-13-16-5-11-19(12-6-16)33-25(27)28/h1-12,25H,13-15H2,(H,29,32). The predicted molar refractivity (Wildman–Crippen MR) is 125 cm³/mol. The minimum absolute atomic E-state index is 0.0953. The Morgan fingerprint density at radius 3 is 2.35 bits per heavy atom. The van der Waals surface area contributed by atoms with E-state index in [4.69, 9.17) is 0 Å². The zero-order valence-electron chi connectivity index (χ0n) is 17.9. The van der Waals surface area contributed by atoms with Crippen molar-refractivity contribution in [1.82, 2.24) is 15.5 Å². The molecule has 5 nitrogen and oxygen atoms in total. The van der Waals surface area contributed by atoms with E-state index in [1.54, 1.807) is 24.3 Å². The Hall–Kier alpha value is -3.59. The number of benzene rings is 3. The summed E-state index contributed by atoms with van der Waals surface area (Å²) in [4.78, 5) is 12.3. The van der Waals surface area contributed by atoms with Crippen LogP contribution in [0.3, 0.4) is 0 Å². The second kappa shape index (κ2) is 11.0. The third-order valence-electron chi connectivity index (χ3n) is 5.00. The van der Waals surface area contributed by atoms with Crippen LogP contribution in [0, 0.1) is 5.82 Å². The summed E-state index contributed by atoms with van der Waals surface area (Å²) in [5, 5.41) is 13.8. The number of hydrogen-bond donors (Lipinski definition) is 1. The Bertz CT molecular complexity index is 1270. The van der Waals surface area contributed by atoms with E-state index in [2.05, 4.69) is 20.3 Å². The van der Waals surface area contributed by atoms with E-state index in [0.29, 0.717) is 23.7 Å². The lowest BCUT2D eigenvalue weighted by Crippen LogP contribution is -2.27. The van der Waals surface area contributed by atoms with Gasteiger partial charge in [-0.05, 0) is 48.4 Å². The van der Waals surface area contributed by atoms with E-state index in [9.17, 15) is 18.0 Å². The second-order valence-corrected chi connectivity index (χ2v) is 8.28. The van der Waals surface area contributed by atoms with Gasteiger partial charge in [0, 0.05) is 22.9 Å². The zero-order valence-corrected chi connectivity index (χ0v) is 18.7. The molecule has 0 aliphatic rings. The highest BCUT2D eigenvalue weighted by molar-refractivity contribution is 8.00. The van der Waals surface area contributed by atoms with Gasteiger partial charge in [-0.3, -0.25) is 4.79 Å². The summed E-state index contributed by atoms with van der Waals surface area (Å²) in [6.07, 6.45) is 0.556. The third-order valence-corrected chi connectivity index (χ3v) is 5.98. The summed E-state index contributed by atoms with van der Waals surface area (Å²) >= 11 is 1.29. The first-order valence-electron chi connectivity index (χ1n) is 10.4. The molecule has 0 aliphatic heterocycles. The van der Waals surface area contributed by atoms with Crippen molar-refractivity contribution >= 4 is 28.4 Å². The van der Waals surface area contributed by atoms with Gasteiger partial charge in [0.1, 0.15) is 22.3 Å². The number of rotatable bonds is 9. The van der Waals surface area contributed by atoms with Crippen LogP contribution in [0.15, 0.2) is 77.8 Å². The number of nitrogens with zero attached hydrogens (tertiary/aromatic N) is 2. The topological polar surface area (TPSA) is 64.1 Å². The monoisotopic (exact) mass is 483 g/mol. The van der Waals surface area contributed by atoms with Crippen LogP contribution in [-0.2, 0) is 11.2 Å². The van der Waals surface area contributed by atoms with Gasteiger partial charge in [-0.25, -0.2) is 4.39 Å². The number of hydrogen-bond acceptors (Lipinski definition) is 5. The number of thioether (sulfide) groups is 1. The number of amides is 1. The first-order chi connectivity index (χ1) is 16.5. The molecule has 9 heteroatoms. The van der Waals surface area contributed by atoms with E-state index in [0.717, 1.165) is 21.9 Å². The van der Waals surface area contributed by atoms with Crippen molar-refractivity contribution < 1.29 is 22.7 Å². The van der Waals surface area contributed by atoms with Crippen molar-refractivity contribution in [2.75, 3.05) is 12.3 Å². The number of alkyl halides is 2. The molecule has 1 amide bonds. The van der Waals surface area contributed by atoms with E-state index in [-0.39, 0.29) is 23.2 Å². The first-order valence-corrected chi connectivity index (χ1v) is 11.4. The molecule has 34 heavy (non-hydrogen) atoms. The Morgan fingerprint density at radius 1 is 0.941 bits per heavy atom. The summed E-state index contributed by atoms with van der Waals surface area (Å²) in [7, 11) is 0. The lowest BCUT2D eigenvalue weighted by Gasteiger charge is -2.10. The van der Waals surface area contributed by atoms with Gasteiger partial charge in [-0.1, -0.05) is 48.2 Å². The molecule has 1 N–H and O–H groups in total. The zero-order chi connectivity index (χ0) is 23.9. The van der Waals surface area contributed by atoms with E-state index in [1.807, 2.05) is 24.3 Å². The molecule has 0 saturated heterocycles. The highest BCUT2D eigenvalue weighted by atomic mass is 32.2. The average molecular weight is 484 g/mol. The highest BCUT2D eigenvalue weighted by Crippen LogP contribution is 2.31. The van der Waals surface area contributed by atoms with Crippen LogP contribution in [0.1, 0.15) is 5.56 Å². The fraction of sp³-hybridized carbons (Fsp3) is 0.160. The fourth-order valence-corrected chi connectivity index (χ4v) is 4.18. The van der Waals surface area contributed by atoms with Crippen molar-refractivity contribution in [3.63, 3.8) is 0 Å². The van der Waals surface area contributed by atoms with Crippen LogP contribution in [0.2, 0.25) is 0 Å². The summed E-state index contributed by atoms with van der Waals surface area (Å²) < 4.78 is 42.0. The van der Waals surface area contributed by atoms with Gasteiger partial charge in [0.15, 0.2) is 0 Å². The average Bonchev–Trinajstić information content (AvgIpc) is 2.84. The SMILES string of the molecule is O=C(CSc1nnc(-c2ccc(F)cc2)c2ccccc12)NCCc1ccc(OC(F)F)cc1. The third kappa shape index (κ3) is 6.05. The van der Waals surface area contributed by atoms with E-state index < -0.39 is 6.61 Å². The molecule has 1 heterocycles. The lowest BCUT2D eigenvalue weighted by molar-refractivity contribution is -0.118. The van der Waals surface area contributed by atoms with Crippen LogP contribution in [0.5, 0.6) is 5.75 Å². The van der Waals surface area contributed by atoms with Crippen molar-refractivity contribution in [2.24, 2.45) is 0 Å². The molecule has 0 aliphatic carbocycles. The number of aromatic nitrogens is 2. The first kappa shape index (κ1) is 23.6. The van der Waals surface area contributed by atoms with Crippen LogP contribution >= 0.6 is 11.8 Å². The molecule has 0 atom stereocenters. The molecule has 4 rings (SSSR count). The molecule has 3 aromatic carbocycles. The molecule has 0 bridgehead atoms. The van der Waals surface area contributed by atoms with Gasteiger partial charge >= 0.3 is 6.61 Å². The molecule has 0 fully saturated rings. The maximum atomic E-state index is 13.3.